The van der Waals surface area contributed by atoms with Gasteiger partial charge in [0.05, 0.1) is 27.2 Å². The Balaban J connectivity index is 1.80. The Labute approximate surface area is 179 Å². The van der Waals surface area contributed by atoms with Gasteiger partial charge in [-0.1, -0.05) is 48.0 Å². The van der Waals surface area contributed by atoms with Crippen LogP contribution in [0.2, 0.25) is 5.15 Å². The quantitative estimate of drug-likeness (QED) is 0.475. The van der Waals surface area contributed by atoms with Crippen LogP contribution in [0.15, 0.2) is 71.8 Å². The van der Waals surface area contributed by atoms with Crippen molar-refractivity contribution in [3.8, 4) is 0 Å². The van der Waals surface area contributed by atoms with E-state index in [1.54, 1.807) is 30.5 Å². The Morgan fingerprint density at radius 2 is 1.63 bits per heavy atom. The van der Waals surface area contributed by atoms with Gasteiger partial charge in [0.15, 0.2) is 0 Å². The standard InChI is InChI=1S/C23H18ClN3O2S/c1-22-16-12-13-25-21(24)19(16)23(2,26-22)20-18(22)15-10-6-7-11-17(15)27(20)30(28,29)14-8-4-3-5-9-14/h3-13,26H,1-2H3/t22-,23+/m0/s1. The molecule has 0 saturated carbocycles. The fraction of sp³-hybridized carbons (Fsp3) is 0.174. The van der Waals surface area contributed by atoms with E-state index in [9.17, 15) is 8.42 Å². The molecule has 4 heterocycles. The van der Waals surface area contributed by atoms with E-state index in [1.807, 2.05) is 43.3 Å². The van der Waals surface area contributed by atoms with Crippen LogP contribution in [0.4, 0.5) is 0 Å². The lowest BCUT2D eigenvalue weighted by molar-refractivity contribution is 0.410. The van der Waals surface area contributed by atoms with Gasteiger partial charge >= 0.3 is 0 Å². The highest BCUT2D eigenvalue weighted by molar-refractivity contribution is 7.90. The molecule has 0 aliphatic carbocycles. The average Bonchev–Trinajstić information content (AvgIpc) is 3.30. The molecule has 1 N–H and O–H groups in total. The molecule has 2 aliphatic rings. The van der Waals surface area contributed by atoms with Gasteiger partial charge < -0.3 is 0 Å². The molecule has 150 valence electrons. The second-order valence-electron chi connectivity index (χ2n) is 8.22. The van der Waals surface area contributed by atoms with Crippen molar-refractivity contribution in [2.45, 2.75) is 29.8 Å². The minimum Gasteiger partial charge on any atom is -0.289 e. The first-order chi connectivity index (χ1) is 14.3. The highest BCUT2D eigenvalue weighted by Crippen LogP contribution is 2.60. The lowest BCUT2D eigenvalue weighted by Crippen LogP contribution is -2.38. The maximum atomic E-state index is 13.9. The Kier molecular flexibility index (Phi) is 3.33. The largest absolute Gasteiger partial charge is 0.289 e. The van der Waals surface area contributed by atoms with Crippen LogP contribution in [0.1, 0.15) is 36.2 Å². The summed E-state index contributed by atoms with van der Waals surface area (Å²) in [6, 6.07) is 18.2. The van der Waals surface area contributed by atoms with E-state index in [-0.39, 0.29) is 4.90 Å². The van der Waals surface area contributed by atoms with E-state index < -0.39 is 21.1 Å². The molecule has 0 radical (unpaired) electrons. The molecular formula is C23H18ClN3O2S. The Bertz CT molecular complexity index is 1480. The molecule has 4 aromatic rings. The number of halogens is 1. The summed E-state index contributed by atoms with van der Waals surface area (Å²) < 4.78 is 29.2. The second kappa shape index (κ2) is 5.52. The first kappa shape index (κ1) is 18.1. The van der Waals surface area contributed by atoms with E-state index in [2.05, 4.69) is 17.2 Å². The summed E-state index contributed by atoms with van der Waals surface area (Å²) in [4.78, 5) is 4.54. The molecule has 2 aromatic heterocycles. The minimum absolute atomic E-state index is 0.252. The monoisotopic (exact) mass is 435 g/mol. The van der Waals surface area contributed by atoms with Gasteiger partial charge in [-0.05, 0) is 43.7 Å². The van der Waals surface area contributed by atoms with Gasteiger partial charge in [-0.3, -0.25) is 5.32 Å². The van der Waals surface area contributed by atoms with Crippen LogP contribution in [-0.2, 0) is 21.1 Å². The number of benzene rings is 2. The number of hydrogen-bond acceptors (Lipinski definition) is 4. The van der Waals surface area contributed by atoms with Crippen molar-refractivity contribution < 1.29 is 8.42 Å². The third-order valence-corrected chi connectivity index (χ3v) is 8.54. The molecule has 0 amide bonds. The third kappa shape index (κ3) is 1.92. The van der Waals surface area contributed by atoms with E-state index >= 15 is 0 Å². The lowest BCUT2D eigenvalue weighted by atomic mass is 9.77. The summed E-state index contributed by atoms with van der Waals surface area (Å²) >= 11 is 6.55. The molecule has 30 heavy (non-hydrogen) atoms. The van der Waals surface area contributed by atoms with Crippen LogP contribution < -0.4 is 5.32 Å². The highest BCUT2D eigenvalue weighted by atomic mass is 35.5. The van der Waals surface area contributed by atoms with Gasteiger partial charge in [-0.25, -0.2) is 17.4 Å². The summed E-state index contributed by atoms with van der Waals surface area (Å²) in [7, 11) is -3.84. The van der Waals surface area contributed by atoms with Gasteiger partial charge in [0.2, 0.25) is 0 Å². The first-order valence-corrected chi connectivity index (χ1v) is 11.5. The summed E-state index contributed by atoms with van der Waals surface area (Å²) in [6.45, 7) is 4.08. The van der Waals surface area contributed by atoms with Gasteiger partial charge in [0.25, 0.3) is 10.0 Å². The van der Waals surface area contributed by atoms with E-state index in [1.165, 1.54) is 3.97 Å². The Morgan fingerprint density at radius 3 is 2.40 bits per heavy atom. The maximum Gasteiger partial charge on any atom is 0.268 e. The molecule has 0 unspecified atom stereocenters. The predicted molar refractivity (Wildman–Crippen MR) is 116 cm³/mol. The zero-order valence-corrected chi connectivity index (χ0v) is 17.9. The molecule has 2 aliphatic heterocycles. The number of para-hydroxylation sites is 1. The molecule has 0 fully saturated rings. The van der Waals surface area contributed by atoms with Gasteiger partial charge in [-0.15, -0.1) is 0 Å². The van der Waals surface area contributed by atoms with Crippen molar-refractivity contribution >= 4 is 32.5 Å². The van der Waals surface area contributed by atoms with Crippen LogP contribution in [0.5, 0.6) is 0 Å². The molecule has 0 saturated heterocycles. The lowest BCUT2D eigenvalue weighted by Gasteiger charge is -2.27. The van der Waals surface area contributed by atoms with Crippen molar-refractivity contribution in [1.29, 1.82) is 0 Å². The molecule has 0 spiro atoms. The summed E-state index contributed by atoms with van der Waals surface area (Å²) in [5.41, 5.74) is 2.88. The summed E-state index contributed by atoms with van der Waals surface area (Å²) in [5, 5.41) is 4.99. The van der Waals surface area contributed by atoms with Crippen molar-refractivity contribution in [1.82, 2.24) is 14.3 Å². The number of aromatic nitrogens is 2. The normalized spacial score (nSPS) is 24.2. The second-order valence-corrected chi connectivity index (χ2v) is 10.4. The number of pyridine rings is 1. The van der Waals surface area contributed by atoms with Gasteiger partial charge in [0, 0.05) is 22.7 Å². The number of nitrogens with one attached hydrogen (secondary N) is 1. The highest BCUT2D eigenvalue weighted by Gasteiger charge is 2.61. The average molecular weight is 436 g/mol. The van der Waals surface area contributed by atoms with Gasteiger partial charge in [-0.2, -0.15) is 0 Å². The summed E-state index contributed by atoms with van der Waals surface area (Å²) in [5.74, 6) is 0. The number of nitrogens with zero attached hydrogens (tertiary/aromatic N) is 2. The maximum absolute atomic E-state index is 13.9. The fourth-order valence-corrected chi connectivity index (χ4v) is 7.44. The Morgan fingerprint density at radius 1 is 0.933 bits per heavy atom. The molecule has 2 atom stereocenters. The van der Waals surface area contributed by atoms with E-state index in [0.29, 0.717) is 16.4 Å². The number of hydrogen-bond donors (Lipinski definition) is 1. The molecule has 7 heteroatoms. The van der Waals surface area contributed by atoms with Crippen molar-refractivity contribution in [3.05, 3.63) is 94.4 Å². The SMILES string of the molecule is C[C@]12N[C@](C)(c3c1ccnc3Cl)c1c2c2ccccc2n1S(=O)(=O)c1ccccc1. The van der Waals surface area contributed by atoms with E-state index in [0.717, 1.165) is 22.1 Å². The molecule has 6 rings (SSSR count). The molecule has 2 bridgehead atoms. The Hall–Kier alpha value is -2.67. The van der Waals surface area contributed by atoms with Crippen LogP contribution in [0.3, 0.4) is 0 Å². The summed E-state index contributed by atoms with van der Waals surface area (Å²) in [6.07, 6.45) is 1.71. The van der Waals surface area contributed by atoms with Gasteiger partial charge in [0.1, 0.15) is 5.15 Å². The zero-order valence-electron chi connectivity index (χ0n) is 16.3. The molecular weight excluding hydrogens is 418 g/mol. The smallest absolute Gasteiger partial charge is 0.268 e. The first-order valence-electron chi connectivity index (χ1n) is 9.70. The number of fused-ring (bicyclic) bond motifs is 10. The third-order valence-electron chi connectivity index (χ3n) is 6.53. The number of rotatable bonds is 2. The molecule has 5 nitrogen and oxygen atoms in total. The van der Waals surface area contributed by atoms with Crippen LogP contribution in [0, 0.1) is 0 Å². The van der Waals surface area contributed by atoms with Crippen molar-refractivity contribution in [2.24, 2.45) is 0 Å². The zero-order chi connectivity index (χ0) is 20.9. The molecule has 2 aromatic carbocycles. The minimum atomic E-state index is -3.84. The van der Waals surface area contributed by atoms with Crippen LogP contribution >= 0.6 is 11.6 Å². The fourth-order valence-electron chi connectivity index (χ4n) is 5.45. The van der Waals surface area contributed by atoms with Crippen molar-refractivity contribution in [2.75, 3.05) is 0 Å². The van der Waals surface area contributed by atoms with Crippen LogP contribution in [0.25, 0.3) is 10.9 Å². The van der Waals surface area contributed by atoms with Crippen LogP contribution in [-0.4, -0.2) is 17.4 Å². The van der Waals surface area contributed by atoms with E-state index in [4.69, 9.17) is 11.6 Å². The topological polar surface area (TPSA) is 64.0 Å². The van der Waals surface area contributed by atoms with Crippen molar-refractivity contribution in [3.63, 3.8) is 0 Å². The predicted octanol–water partition coefficient (Wildman–Crippen LogP) is 4.37.